The number of aryl methyl sites for hydroxylation is 1. The molecular formula is C9H6BrClN2S. The summed E-state index contributed by atoms with van der Waals surface area (Å²) in [4.78, 5) is 4.13. The topological polar surface area (TPSA) is 25.8 Å². The number of benzene rings is 1. The van der Waals surface area contributed by atoms with Gasteiger partial charge in [-0.3, -0.25) is 0 Å². The van der Waals surface area contributed by atoms with Gasteiger partial charge in [-0.15, -0.1) is 0 Å². The van der Waals surface area contributed by atoms with Crippen molar-refractivity contribution < 1.29 is 0 Å². The molecular weight excluding hydrogens is 284 g/mol. The normalized spacial score (nSPS) is 10.5. The van der Waals surface area contributed by atoms with E-state index in [-0.39, 0.29) is 0 Å². The van der Waals surface area contributed by atoms with Crippen LogP contribution >= 0.6 is 39.1 Å². The highest BCUT2D eigenvalue weighted by Crippen LogP contribution is 2.26. The zero-order valence-corrected chi connectivity index (χ0v) is 10.4. The molecule has 0 radical (unpaired) electrons. The molecule has 0 saturated carbocycles. The van der Waals surface area contributed by atoms with Crippen LogP contribution in [0.15, 0.2) is 22.7 Å². The third-order valence-electron chi connectivity index (χ3n) is 1.83. The number of nitrogens with zero attached hydrogens (tertiary/aromatic N) is 2. The van der Waals surface area contributed by atoms with Crippen molar-refractivity contribution in [2.24, 2.45) is 0 Å². The summed E-state index contributed by atoms with van der Waals surface area (Å²) in [6.45, 7) is 2.02. The smallest absolute Gasteiger partial charge is 0.203 e. The molecule has 1 aromatic carbocycles. The van der Waals surface area contributed by atoms with Crippen LogP contribution in [0.25, 0.3) is 11.4 Å². The van der Waals surface area contributed by atoms with Gasteiger partial charge in [0.1, 0.15) is 0 Å². The van der Waals surface area contributed by atoms with Crippen LogP contribution in [-0.2, 0) is 0 Å². The lowest BCUT2D eigenvalue weighted by Crippen LogP contribution is -1.84. The molecule has 2 rings (SSSR count). The molecule has 0 atom stereocenters. The summed E-state index contributed by atoms with van der Waals surface area (Å²) in [5, 5.41) is 0. The second-order valence-corrected chi connectivity index (χ2v) is 5.08. The van der Waals surface area contributed by atoms with Gasteiger partial charge in [-0.05, 0) is 53.8 Å². The first kappa shape index (κ1) is 10.1. The average molecular weight is 290 g/mol. The minimum atomic E-state index is 0.474. The Morgan fingerprint density at radius 3 is 2.79 bits per heavy atom. The summed E-state index contributed by atoms with van der Waals surface area (Å²) in [6.07, 6.45) is 0. The first-order valence-electron chi connectivity index (χ1n) is 3.92. The van der Waals surface area contributed by atoms with Crippen molar-refractivity contribution in [3.63, 3.8) is 0 Å². The fourth-order valence-electron chi connectivity index (χ4n) is 1.19. The summed E-state index contributed by atoms with van der Waals surface area (Å²) in [7, 11) is 0. The molecule has 14 heavy (non-hydrogen) atoms. The molecule has 0 saturated heterocycles. The molecule has 2 nitrogen and oxygen atoms in total. The first-order chi connectivity index (χ1) is 6.66. The molecule has 1 heterocycles. The van der Waals surface area contributed by atoms with Gasteiger partial charge >= 0.3 is 0 Å². The Balaban J connectivity index is 2.52. The molecule has 0 N–H and O–H groups in total. The van der Waals surface area contributed by atoms with Gasteiger partial charge in [0, 0.05) is 10.0 Å². The van der Waals surface area contributed by atoms with E-state index in [0.29, 0.717) is 10.3 Å². The summed E-state index contributed by atoms with van der Waals surface area (Å²) >= 11 is 10.3. The predicted molar refractivity (Wildman–Crippen MR) is 62.8 cm³/mol. The van der Waals surface area contributed by atoms with Crippen molar-refractivity contribution in [2.75, 3.05) is 0 Å². The average Bonchev–Trinajstić information content (AvgIpc) is 2.51. The first-order valence-corrected chi connectivity index (χ1v) is 5.87. The van der Waals surface area contributed by atoms with Gasteiger partial charge in [-0.1, -0.05) is 15.9 Å². The number of hydrogen-bond acceptors (Lipinski definition) is 3. The van der Waals surface area contributed by atoms with E-state index in [1.165, 1.54) is 11.5 Å². The third-order valence-corrected chi connectivity index (χ3v) is 3.12. The summed E-state index contributed by atoms with van der Waals surface area (Å²) in [5.41, 5.74) is 2.16. The largest absolute Gasteiger partial charge is 0.203 e. The maximum Gasteiger partial charge on any atom is 0.203 e. The highest BCUT2D eigenvalue weighted by molar-refractivity contribution is 9.10. The minimum Gasteiger partial charge on any atom is -0.203 e. The highest BCUT2D eigenvalue weighted by Gasteiger charge is 2.07. The Kier molecular flexibility index (Phi) is 2.85. The van der Waals surface area contributed by atoms with Gasteiger partial charge in [-0.2, -0.15) is 4.37 Å². The van der Waals surface area contributed by atoms with Crippen LogP contribution < -0.4 is 0 Å². The van der Waals surface area contributed by atoms with E-state index in [0.717, 1.165) is 15.6 Å². The van der Waals surface area contributed by atoms with Gasteiger partial charge in [0.15, 0.2) is 5.82 Å². The fraction of sp³-hybridized carbons (Fsp3) is 0.111. The van der Waals surface area contributed by atoms with Crippen molar-refractivity contribution in [1.29, 1.82) is 0 Å². The lowest BCUT2D eigenvalue weighted by molar-refractivity contribution is 1.30. The Hall–Kier alpha value is -0.450. The van der Waals surface area contributed by atoms with E-state index >= 15 is 0 Å². The zero-order chi connectivity index (χ0) is 10.1. The number of hydrogen-bond donors (Lipinski definition) is 0. The molecule has 0 unspecified atom stereocenters. The molecule has 0 amide bonds. The van der Waals surface area contributed by atoms with Crippen molar-refractivity contribution in [3.8, 4) is 11.4 Å². The monoisotopic (exact) mass is 288 g/mol. The van der Waals surface area contributed by atoms with E-state index in [1.807, 2.05) is 25.1 Å². The Morgan fingerprint density at radius 1 is 1.43 bits per heavy atom. The minimum absolute atomic E-state index is 0.474. The standard InChI is InChI=1S/C9H6BrClN2S/c1-5-4-6(10)2-3-7(5)8-12-9(11)14-13-8/h2-4H,1H3. The molecule has 0 aliphatic carbocycles. The van der Waals surface area contributed by atoms with Gasteiger partial charge < -0.3 is 0 Å². The quantitative estimate of drug-likeness (QED) is 0.795. The van der Waals surface area contributed by atoms with Crippen LogP contribution in [0, 0.1) is 6.92 Å². The van der Waals surface area contributed by atoms with E-state index in [1.54, 1.807) is 0 Å². The van der Waals surface area contributed by atoms with Crippen LogP contribution in [0.1, 0.15) is 5.56 Å². The Bertz CT molecular complexity index is 470. The third kappa shape index (κ3) is 1.97. The van der Waals surface area contributed by atoms with Crippen molar-refractivity contribution in [2.45, 2.75) is 6.92 Å². The molecule has 72 valence electrons. The SMILES string of the molecule is Cc1cc(Br)ccc1-c1nsc(Cl)n1. The van der Waals surface area contributed by atoms with Crippen LogP contribution in [0.5, 0.6) is 0 Å². The zero-order valence-electron chi connectivity index (χ0n) is 7.29. The number of aromatic nitrogens is 2. The van der Waals surface area contributed by atoms with Crippen LogP contribution in [-0.4, -0.2) is 9.36 Å². The molecule has 0 bridgehead atoms. The maximum absolute atomic E-state index is 5.73. The van der Waals surface area contributed by atoms with E-state index in [2.05, 4.69) is 25.3 Å². The lowest BCUT2D eigenvalue weighted by Gasteiger charge is -2.00. The molecule has 0 fully saturated rings. The lowest BCUT2D eigenvalue weighted by atomic mass is 10.1. The predicted octanol–water partition coefficient (Wildman–Crippen LogP) is 3.93. The van der Waals surface area contributed by atoms with Crippen LogP contribution in [0.4, 0.5) is 0 Å². The molecule has 0 aliphatic rings. The summed E-state index contributed by atoms with van der Waals surface area (Å²) < 4.78 is 5.69. The van der Waals surface area contributed by atoms with E-state index in [4.69, 9.17) is 11.6 Å². The van der Waals surface area contributed by atoms with Crippen LogP contribution in [0.2, 0.25) is 4.47 Å². The fourth-order valence-corrected chi connectivity index (χ4v) is 2.28. The molecule has 0 spiro atoms. The van der Waals surface area contributed by atoms with Gasteiger partial charge in [-0.25, -0.2) is 4.98 Å². The van der Waals surface area contributed by atoms with Crippen molar-refractivity contribution in [3.05, 3.63) is 32.7 Å². The molecule has 0 aliphatic heterocycles. The Labute approximate surface area is 99.2 Å². The number of halogens is 2. The molecule has 2 aromatic rings. The van der Waals surface area contributed by atoms with E-state index < -0.39 is 0 Å². The van der Waals surface area contributed by atoms with Gasteiger partial charge in [0.05, 0.1) is 0 Å². The highest BCUT2D eigenvalue weighted by atomic mass is 79.9. The van der Waals surface area contributed by atoms with Crippen molar-refractivity contribution >= 4 is 39.1 Å². The Morgan fingerprint density at radius 2 is 2.21 bits per heavy atom. The van der Waals surface area contributed by atoms with E-state index in [9.17, 15) is 0 Å². The second kappa shape index (κ2) is 3.96. The van der Waals surface area contributed by atoms with Gasteiger partial charge in [0.25, 0.3) is 0 Å². The summed E-state index contributed by atoms with van der Waals surface area (Å²) in [5.74, 6) is 0.699. The summed E-state index contributed by atoms with van der Waals surface area (Å²) in [6, 6.07) is 5.99. The van der Waals surface area contributed by atoms with Crippen LogP contribution in [0.3, 0.4) is 0 Å². The second-order valence-electron chi connectivity index (χ2n) is 2.83. The molecule has 5 heteroatoms. The van der Waals surface area contributed by atoms with Gasteiger partial charge in [0.2, 0.25) is 4.47 Å². The maximum atomic E-state index is 5.73. The number of rotatable bonds is 1. The molecule has 1 aromatic heterocycles. The van der Waals surface area contributed by atoms with Crippen molar-refractivity contribution in [1.82, 2.24) is 9.36 Å².